The van der Waals surface area contributed by atoms with E-state index in [0.717, 1.165) is 21.9 Å². The normalized spacial score (nSPS) is 28.7. The lowest BCUT2D eigenvalue weighted by atomic mass is 9.76. The lowest BCUT2D eigenvalue weighted by molar-refractivity contribution is 0.134. The van der Waals surface area contributed by atoms with Crippen LogP contribution in [-0.2, 0) is 0 Å². The summed E-state index contributed by atoms with van der Waals surface area (Å²) in [5.41, 5.74) is 4.88. The zero-order valence-corrected chi connectivity index (χ0v) is 16.0. The molecule has 2 fully saturated rings. The van der Waals surface area contributed by atoms with Gasteiger partial charge in [-0.3, -0.25) is 4.90 Å². The van der Waals surface area contributed by atoms with E-state index in [2.05, 4.69) is 54.2 Å². The van der Waals surface area contributed by atoms with Crippen molar-refractivity contribution in [2.75, 3.05) is 7.05 Å². The Morgan fingerprint density at radius 3 is 2.73 bits per heavy atom. The maximum Gasteiger partial charge on any atom is 0.112 e. The van der Waals surface area contributed by atoms with Crippen LogP contribution in [0.5, 0.6) is 0 Å². The van der Waals surface area contributed by atoms with Crippen LogP contribution in [0, 0.1) is 6.92 Å². The number of H-pyrrole nitrogens is 1. The van der Waals surface area contributed by atoms with E-state index in [1.807, 2.05) is 12.1 Å². The Labute approximate surface area is 159 Å². The highest BCUT2D eigenvalue weighted by molar-refractivity contribution is 6.30. The van der Waals surface area contributed by atoms with Crippen molar-refractivity contribution in [2.24, 2.45) is 0 Å². The number of rotatable bonds is 2. The number of nitrogens with zero attached hydrogens (tertiary/aromatic N) is 2. The number of hydrogen-bond acceptors (Lipinski definition) is 2. The molecule has 3 aromatic rings. The summed E-state index contributed by atoms with van der Waals surface area (Å²) >= 11 is 6.14. The highest BCUT2D eigenvalue weighted by Gasteiger charge is 2.47. The molecular weight excluding hydrogens is 342 g/mol. The fourth-order valence-electron chi connectivity index (χ4n) is 5.19. The van der Waals surface area contributed by atoms with E-state index in [-0.39, 0.29) is 0 Å². The number of hydrogen-bond donors (Lipinski definition) is 1. The molecule has 4 heteroatoms. The van der Waals surface area contributed by atoms with E-state index in [4.69, 9.17) is 16.6 Å². The zero-order valence-electron chi connectivity index (χ0n) is 15.2. The van der Waals surface area contributed by atoms with Crippen LogP contribution in [0.15, 0.2) is 42.5 Å². The Balaban J connectivity index is 1.61. The molecule has 1 N–H and O–H groups in total. The van der Waals surface area contributed by atoms with E-state index in [1.54, 1.807) is 0 Å². The molecule has 4 atom stereocenters. The minimum Gasteiger partial charge on any atom is -0.342 e. The molecule has 2 aliphatic rings. The molecule has 3 nitrogen and oxygen atoms in total. The molecule has 3 heterocycles. The van der Waals surface area contributed by atoms with Crippen LogP contribution in [-0.4, -0.2) is 34.0 Å². The van der Waals surface area contributed by atoms with Crippen molar-refractivity contribution in [1.29, 1.82) is 0 Å². The van der Waals surface area contributed by atoms with Gasteiger partial charge in [0.1, 0.15) is 5.82 Å². The van der Waals surface area contributed by atoms with Crippen LogP contribution in [0.2, 0.25) is 5.02 Å². The van der Waals surface area contributed by atoms with Crippen molar-refractivity contribution in [3.63, 3.8) is 0 Å². The van der Waals surface area contributed by atoms with Crippen LogP contribution >= 0.6 is 11.6 Å². The molecule has 1 aromatic heterocycles. The average molecular weight is 366 g/mol. The van der Waals surface area contributed by atoms with Gasteiger partial charge in [-0.2, -0.15) is 0 Å². The third-order valence-electron chi connectivity index (χ3n) is 6.54. The van der Waals surface area contributed by atoms with E-state index in [0.29, 0.717) is 23.9 Å². The third-order valence-corrected chi connectivity index (χ3v) is 6.79. The van der Waals surface area contributed by atoms with E-state index in [9.17, 15) is 0 Å². The maximum atomic E-state index is 6.14. The summed E-state index contributed by atoms with van der Waals surface area (Å²) in [5.74, 6) is 2.03. The Bertz CT molecular complexity index is 946. The van der Waals surface area contributed by atoms with Gasteiger partial charge in [0.2, 0.25) is 0 Å². The van der Waals surface area contributed by atoms with E-state index >= 15 is 0 Å². The molecule has 5 rings (SSSR count). The summed E-state index contributed by atoms with van der Waals surface area (Å²) < 4.78 is 0. The predicted octanol–water partition coefficient (Wildman–Crippen LogP) is 5.26. The van der Waals surface area contributed by atoms with Crippen molar-refractivity contribution >= 4 is 22.6 Å². The first-order valence-corrected chi connectivity index (χ1v) is 9.91. The molecule has 2 aromatic carbocycles. The number of fused-ring (bicyclic) bond motifs is 3. The highest BCUT2D eigenvalue weighted by atomic mass is 35.5. The minimum absolute atomic E-state index is 0.396. The lowest BCUT2D eigenvalue weighted by Crippen LogP contribution is -2.44. The Morgan fingerprint density at radius 2 is 1.92 bits per heavy atom. The first-order chi connectivity index (χ1) is 12.6. The second kappa shape index (κ2) is 6.11. The zero-order chi connectivity index (χ0) is 17.8. The Hall–Kier alpha value is -1.84. The second-order valence-electron chi connectivity index (χ2n) is 8.03. The molecule has 134 valence electrons. The molecule has 0 aliphatic carbocycles. The summed E-state index contributed by atoms with van der Waals surface area (Å²) in [4.78, 5) is 11.3. The summed E-state index contributed by atoms with van der Waals surface area (Å²) in [6, 6.07) is 16.2. The highest BCUT2D eigenvalue weighted by Crippen LogP contribution is 2.50. The summed E-state index contributed by atoms with van der Waals surface area (Å²) in [6.07, 6.45) is 3.74. The molecule has 2 aliphatic heterocycles. The van der Waals surface area contributed by atoms with Crippen LogP contribution < -0.4 is 0 Å². The molecule has 2 bridgehead atoms. The van der Waals surface area contributed by atoms with Crippen LogP contribution in [0.1, 0.15) is 48.0 Å². The van der Waals surface area contributed by atoms with Crippen molar-refractivity contribution in [1.82, 2.24) is 14.9 Å². The van der Waals surface area contributed by atoms with E-state index < -0.39 is 0 Å². The summed E-state index contributed by atoms with van der Waals surface area (Å²) in [5, 5.41) is 0.806. The molecule has 1 unspecified atom stereocenters. The van der Waals surface area contributed by atoms with Crippen molar-refractivity contribution < 1.29 is 0 Å². The molecule has 26 heavy (non-hydrogen) atoms. The maximum absolute atomic E-state index is 6.14. The number of likely N-dealkylation sites (N-methyl/N-ethyl adjacent to an activating group) is 1. The van der Waals surface area contributed by atoms with Crippen LogP contribution in [0.3, 0.4) is 0 Å². The Morgan fingerprint density at radius 1 is 1.12 bits per heavy atom. The molecule has 0 radical (unpaired) electrons. The second-order valence-corrected chi connectivity index (χ2v) is 8.46. The van der Waals surface area contributed by atoms with Crippen LogP contribution in [0.4, 0.5) is 0 Å². The van der Waals surface area contributed by atoms with Gasteiger partial charge >= 0.3 is 0 Å². The SMILES string of the molecule is Cc1ccc2nc([C@@H]3C4CC[C@H](C[C@@H]3c3ccc(Cl)cc3)N4C)[nH]c2c1. The van der Waals surface area contributed by atoms with Gasteiger partial charge in [-0.05, 0) is 74.5 Å². The van der Waals surface area contributed by atoms with Gasteiger partial charge < -0.3 is 4.98 Å². The molecule has 0 saturated carbocycles. The number of piperidine rings is 1. The van der Waals surface area contributed by atoms with Crippen molar-refractivity contribution in [2.45, 2.75) is 50.1 Å². The topological polar surface area (TPSA) is 31.9 Å². The molecule has 2 saturated heterocycles. The first kappa shape index (κ1) is 16.3. The van der Waals surface area contributed by atoms with Crippen molar-refractivity contribution in [3.05, 3.63) is 64.4 Å². The number of benzene rings is 2. The van der Waals surface area contributed by atoms with E-state index in [1.165, 1.54) is 30.4 Å². The standard InChI is InChI=1S/C22H24ClN3/c1-13-3-9-18-19(11-13)25-22(24-18)21-17(14-4-6-15(23)7-5-14)12-16-8-10-20(21)26(16)2/h3-7,9,11,16-17,20-21H,8,10,12H2,1-2H3,(H,24,25)/t16-,17-,20?,21+/m1/s1. The number of nitrogens with one attached hydrogen (secondary N) is 1. The fourth-order valence-corrected chi connectivity index (χ4v) is 5.32. The van der Waals surface area contributed by atoms with Crippen molar-refractivity contribution in [3.8, 4) is 0 Å². The largest absolute Gasteiger partial charge is 0.342 e. The number of halogens is 1. The number of aromatic nitrogens is 2. The monoisotopic (exact) mass is 365 g/mol. The predicted molar refractivity (Wildman–Crippen MR) is 107 cm³/mol. The van der Waals surface area contributed by atoms with Gasteiger partial charge in [-0.25, -0.2) is 4.98 Å². The van der Waals surface area contributed by atoms with Gasteiger partial charge in [0.05, 0.1) is 11.0 Å². The number of aromatic amines is 1. The number of aryl methyl sites for hydroxylation is 1. The van der Waals surface area contributed by atoms with Gasteiger partial charge in [-0.1, -0.05) is 29.8 Å². The Kier molecular flexibility index (Phi) is 3.84. The van der Waals surface area contributed by atoms with Crippen LogP contribution in [0.25, 0.3) is 11.0 Å². The first-order valence-electron chi connectivity index (χ1n) is 9.54. The third kappa shape index (κ3) is 2.57. The smallest absolute Gasteiger partial charge is 0.112 e. The molecular formula is C22H24ClN3. The summed E-state index contributed by atoms with van der Waals surface area (Å²) in [6.45, 7) is 2.13. The van der Waals surface area contributed by atoms with Gasteiger partial charge in [0.15, 0.2) is 0 Å². The molecule has 0 amide bonds. The average Bonchev–Trinajstić information content (AvgIpc) is 3.13. The lowest BCUT2D eigenvalue weighted by Gasteiger charge is -2.42. The van der Waals surface area contributed by atoms with Gasteiger partial charge in [0, 0.05) is 23.0 Å². The van der Waals surface area contributed by atoms with Gasteiger partial charge in [0.25, 0.3) is 0 Å². The van der Waals surface area contributed by atoms with Gasteiger partial charge in [-0.15, -0.1) is 0 Å². The molecule has 0 spiro atoms. The fraction of sp³-hybridized carbons (Fsp3) is 0.409. The summed E-state index contributed by atoms with van der Waals surface area (Å²) in [7, 11) is 2.29. The number of imidazole rings is 1. The quantitative estimate of drug-likeness (QED) is 0.671. The minimum atomic E-state index is 0.396.